The molecule has 1 atom stereocenters. The highest BCUT2D eigenvalue weighted by molar-refractivity contribution is 5.23. The molecule has 0 spiro atoms. The van der Waals surface area contributed by atoms with Crippen molar-refractivity contribution in [2.75, 3.05) is 27.4 Å². The van der Waals surface area contributed by atoms with Crippen LogP contribution in [0, 0.1) is 6.92 Å². The monoisotopic (exact) mass is 263 g/mol. The summed E-state index contributed by atoms with van der Waals surface area (Å²) >= 11 is 0. The van der Waals surface area contributed by atoms with E-state index in [1.54, 1.807) is 0 Å². The SMILES string of the molecule is CNC(Cc1cccc(C)c1)C1(OC)CCOCC1. The Bertz CT molecular complexity index is 399. The molecule has 19 heavy (non-hydrogen) atoms. The van der Waals surface area contributed by atoms with E-state index in [2.05, 4.69) is 36.5 Å². The minimum absolute atomic E-state index is 0.100. The maximum atomic E-state index is 5.89. The Kier molecular flexibility index (Phi) is 4.97. The van der Waals surface area contributed by atoms with Crippen molar-refractivity contribution in [3.8, 4) is 0 Å². The maximum absolute atomic E-state index is 5.89. The van der Waals surface area contributed by atoms with E-state index in [4.69, 9.17) is 9.47 Å². The van der Waals surface area contributed by atoms with Gasteiger partial charge >= 0.3 is 0 Å². The number of hydrogen-bond donors (Lipinski definition) is 1. The summed E-state index contributed by atoms with van der Waals surface area (Å²) in [5.74, 6) is 0. The molecule has 0 aliphatic carbocycles. The van der Waals surface area contributed by atoms with Gasteiger partial charge in [0.1, 0.15) is 0 Å². The number of likely N-dealkylation sites (N-methyl/N-ethyl adjacent to an activating group) is 1. The van der Waals surface area contributed by atoms with Crippen LogP contribution in [0.25, 0.3) is 0 Å². The average molecular weight is 263 g/mol. The van der Waals surface area contributed by atoms with Crippen LogP contribution in [-0.2, 0) is 15.9 Å². The predicted octanol–water partition coefficient (Wildman–Crippen LogP) is 2.32. The first-order valence-corrected chi connectivity index (χ1v) is 7.06. The molecule has 1 aliphatic heterocycles. The van der Waals surface area contributed by atoms with Crippen LogP contribution in [0.2, 0.25) is 0 Å². The highest BCUT2D eigenvalue weighted by Crippen LogP contribution is 2.30. The highest BCUT2D eigenvalue weighted by atomic mass is 16.5. The van der Waals surface area contributed by atoms with Gasteiger partial charge in [-0.05, 0) is 26.0 Å². The van der Waals surface area contributed by atoms with Crippen LogP contribution in [0.5, 0.6) is 0 Å². The standard InChI is InChI=1S/C16H25NO2/c1-13-5-4-6-14(11-13)12-15(17-2)16(18-3)7-9-19-10-8-16/h4-6,11,15,17H,7-10,12H2,1-3H3. The molecule has 0 amide bonds. The summed E-state index contributed by atoms with van der Waals surface area (Å²) in [6, 6.07) is 9.04. The third kappa shape index (κ3) is 3.35. The zero-order valence-corrected chi connectivity index (χ0v) is 12.2. The zero-order chi connectivity index (χ0) is 13.7. The normalized spacial score (nSPS) is 20.2. The summed E-state index contributed by atoms with van der Waals surface area (Å²) in [6.45, 7) is 3.72. The molecule has 0 aromatic heterocycles. The molecule has 0 saturated carbocycles. The van der Waals surface area contributed by atoms with Crippen LogP contribution in [-0.4, -0.2) is 39.0 Å². The smallest absolute Gasteiger partial charge is 0.0877 e. The second-order valence-corrected chi connectivity index (χ2v) is 5.42. The molecule has 1 fully saturated rings. The van der Waals surface area contributed by atoms with Gasteiger partial charge in [-0.15, -0.1) is 0 Å². The number of aryl methyl sites for hydroxylation is 1. The number of nitrogens with one attached hydrogen (secondary N) is 1. The number of hydrogen-bond acceptors (Lipinski definition) is 3. The van der Waals surface area contributed by atoms with Gasteiger partial charge in [0, 0.05) is 39.2 Å². The molecule has 1 aromatic carbocycles. The Morgan fingerprint density at radius 2 is 2.11 bits per heavy atom. The second kappa shape index (κ2) is 6.51. The lowest BCUT2D eigenvalue weighted by atomic mass is 9.82. The van der Waals surface area contributed by atoms with Gasteiger partial charge in [-0.25, -0.2) is 0 Å². The molecule has 0 bridgehead atoms. The van der Waals surface area contributed by atoms with Crippen LogP contribution < -0.4 is 5.32 Å². The summed E-state index contributed by atoms with van der Waals surface area (Å²) in [6.07, 6.45) is 2.91. The zero-order valence-electron chi connectivity index (χ0n) is 12.2. The fourth-order valence-corrected chi connectivity index (χ4v) is 3.04. The Morgan fingerprint density at radius 1 is 1.37 bits per heavy atom. The van der Waals surface area contributed by atoms with E-state index in [1.807, 2.05) is 14.2 Å². The highest BCUT2D eigenvalue weighted by Gasteiger charge is 2.39. The van der Waals surface area contributed by atoms with Crippen molar-refractivity contribution in [1.29, 1.82) is 0 Å². The van der Waals surface area contributed by atoms with E-state index < -0.39 is 0 Å². The van der Waals surface area contributed by atoms with Crippen molar-refractivity contribution >= 4 is 0 Å². The van der Waals surface area contributed by atoms with Gasteiger partial charge in [0.2, 0.25) is 0 Å². The first-order valence-electron chi connectivity index (χ1n) is 7.06. The Labute approximate surface area is 116 Å². The second-order valence-electron chi connectivity index (χ2n) is 5.42. The van der Waals surface area contributed by atoms with E-state index >= 15 is 0 Å². The third-order valence-corrected chi connectivity index (χ3v) is 4.25. The van der Waals surface area contributed by atoms with Crippen LogP contribution in [0.3, 0.4) is 0 Å². The molecule has 3 nitrogen and oxygen atoms in total. The molecule has 2 rings (SSSR count). The first kappa shape index (κ1) is 14.5. The van der Waals surface area contributed by atoms with E-state index in [9.17, 15) is 0 Å². The quantitative estimate of drug-likeness (QED) is 0.884. The van der Waals surface area contributed by atoms with Crippen molar-refractivity contribution in [3.63, 3.8) is 0 Å². The first-order chi connectivity index (χ1) is 9.20. The summed E-state index contributed by atoms with van der Waals surface area (Å²) in [5.41, 5.74) is 2.57. The largest absolute Gasteiger partial charge is 0.381 e. The predicted molar refractivity (Wildman–Crippen MR) is 77.5 cm³/mol. The van der Waals surface area contributed by atoms with E-state index in [0.717, 1.165) is 32.5 Å². The number of rotatable bonds is 5. The fraction of sp³-hybridized carbons (Fsp3) is 0.625. The fourth-order valence-electron chi connectivity index (χ4n) is 3.04. The molecule has 1 saturated heterocycles. The molecular formula is C16H25NO2. The van der Waals surface area contributed by atoms with Crippen LogP contribution in [0.1, 0.15) is 24.0 Å². The number of methoxy groups -OCH3 is 1. The number of benzene rings is 1. The molecule has 106 valence electrons. The summed E-state index contributed by atoms with van der Waals surface area (Å²) in [4.78, 5) is 0. The Morgan fingerprint density at radius 3 is 2.68 bits per heavy atom. The lowest BCUT2D eigenvalue weighted by Crippen LogP contribution is -2.55. The van der Waals surface area contributed by atoms with E-state index in [0.29, 0.717) is 6.04 Å². The summed E-state index contributed by atoms with van der Waals surface area (Å²) < 4.78 is 11.4. The van der Waals surface area contributed by atoms with Gasteiger partial charge in [0.25, 0.3) is 0 Å². The van der Waals surface area contributed by atoms with Gasteiger partial charge < -0.3 is 14.8 Å². The van der Waals surface area contributed by atoms with Gasteiger partial charge in [-0.3, -0.25) is 0 Å². The molecule has 1 heterocycles. The minimum atomic E-state index is -0.100. The Balaban J connectivity index is 2.14. The van der Waals surface area contributed by atoms with Crippen molar-refractivity contribution in [2.45, 2.75) is 37.8 Å². The van der Waals surface area contributed by atoms with Crippen molar-refractivity contribution < 1.29 is 9.47 Å². The summed E-state index contributed by atoms with van der Waals surface area (Å²) in [7, 11) is 3.85. The molecule has 1 aliphatic rings. The van der Waals surface area contributed by atoms with Crippen LogP contribution in [0.15, 0.2) is 24.3 Å². The van der Waals surface area contributed by atoms with Crippen molar-refractivity contribution in [2.24, 2.45) is 0 Å². The average Bonchev–Trinajstić information content (AvgIpc) is 2.45. The molecule has 1 aromatic rings. The molecule has 1 unspecified atom stereocenters. The summed E-state index contributed by atoms with van der Waals surface area (Å²) in [5, 5.41) is 3.45. The lowest BCUT2D eigenvalue weighted by Gasteiger charge is -2.42. The molecule has 0 radical (unpaired) electrons. The van der Waals surface area contributed by atoms with Crippen molar-refractivity contribution in [1.82, 2.24) is 5.32 Å². The van der Waals surface area contributed by atoms with E-state index in [-0.39, 0.29) is 5.60 Å². The van der Waals surface area contributed by atoms with Crippen LogP contribution >= 0.6 is 0 Å². The maximum Gasteiger partial charge on any atom is 0.0877 e. The molecule has 1 N–H and O–H groups in total. The lowest BCUT2D eigenvalue weighted by molar-refractivity contribution is -0.109. The Hall–Kier alpha value is -0.900. The van der Waals surface area contributed by atoms with Gasteiger partial charge in [0.15, 0.2) is 0 Å². The van der Waals surface area contributed by atoms with Gasteiger partial charge in [0.05, 0.1) is 5.60 Å². The van der Waals surface area contributed by atoms with Crippen molar-refractivity contribution in [3.05, 3.63) is 35.4 Å². The number of ether oxygens (including phenoxy) is 2. The van der Waals surface area contributed by atoms with Crippen LogP contribution in [0.4, 0.5) is 0 Å². The van der Waals surface area contributed by atoms with Gasteiger partial charge in [-0.1, -0.05) is 29.8 Å². The minimum Gasteiger partial charge on any atom is -0.381 e. The molecule has 3 heteroatoms. The van der Waals surface area contributed by atoms with Gasteiger partial charge in [-0.2, -0.15) is 0 Å². The topological polar surface area (TPSA) is 30.5 Å². The van der Waals surface area contributed by atoms with E-state index in [1.165, 1.54) is 11.1 Å². The molecular weight excluding hydrogens is 238 g/mol. The third-order valence-electron chi connectivity index (χ3n) is 4.25.